The predicted molar refractivity (Wildman–Crippen MR) is 117 cm³/mol. The second-order valence-corrected chi connectivity index (χ2v) is 7.89. The van der Waals surface area contributed by atoms with Gasteiger partial charge in [0.15, 0.2) is 5.96 Å². The molecule has 166 valence electrons. The van der Waals surface area contributed by atoms with Gasteiger partial charge < -0.3 is 24.8 Å². The van der Waals surface area contributed by atoms with Gasteiger partial charge in [0.2, 0.25) is 5.91 Å². The lowest BCUT2D eigenvalue weighted by atomic mass is 10.1. The number of nitrogens with zero attached hydrogens (tertiary/aromatic N) is 4. The van der Waals surface area contributed by atoms with E-state index in [0.29, 0.717) is 32.0 Å². The van der Waals surface area contributed by atoms with Crippen LogP contribution >= 0.6 is 0 Å². The molecular weight excluding hydrogens is 385 g/mol. The number of rotatable bonds is 7. The molecule has 30 heavy (non-hydrogen) atoms. The second-order valence-electron chi connectivity index (χ2n) is 7.89. The molecule has 1 unspecified atom stereocenters. The summed E-state index contributed by atoms with van der Waals surface area (Å²) in [6.07, 6.45) is 1.52. The number of hydrogen-bond acceptors (Lipinski definition) is 4. The fraction of sp³-hybridized carbons (Fsp3) is 0.636. The van der Waals surface area contributed by atoms with Crippen LogP contribution in [0.5, 0.6) is 0 Å². The highest BCUT2D eigenvalue weighted by molar-refractivity contribution is 5.81. The van der Waals surface area contributed by atoms with Gasteiger partial charge in [-0.05, 0) is 37.6 Å². The highest BCUT2D eigenvalue weighted by Gasteiger charge is 2.25. The quantitative estimate of drug-likeness (QED) is 0.540. The number of carbonyl (C=O) groups excluding carboxylic acids is 1. The van der Waals surface area contributed by atoms with Crippen LogP contribution in [0.15, 0.2) is 29.3 Å². The molecule has 3 rings (SSSR count). The zero-order valence-electron chi connectivity index (χ0n) is 18.1. The average molecular weight is 420 g/mol. The first-order chi connectivity index (χ1) is 14.6. The van der Waals surface area contributed by atoms with Gasteiger partial charge in [0.25, 0.3) is 0 Å². The van der Waals surface area contributed by atoms with Gasteiger partial charge in [0.05, 0.1) is 13.2 Å². The third-order valence-electron chi connectivity index (χ3n) is 5.73. The van der Waals surface area contributed by atoms with E-state index in [1.54, 1.807) is 19.2 Å². The summed E-state index contributed by atoms with van der Waals surface area (Å²) in [4.78, 5) is 23.7. The first-order valence-corrected chi connectivity index (χ1v) is 10.9. The topological polar surface area (TPSA) is 60.4 Å². The van der Waals surface area contributed by atoms with Crippen molar-refractivity contribution >= 4 is 17.6 Å². The number of anilines is 1. The van der Waals surface area contributed by atoms with Crippen molar-refractivity contribution in [3.8, 4) is 0 Å². The number of guanidine groups is 1. The van der Waals surface area contributed by atoms with Crippen molar-refractivity contribution in [3.63, 3.8) is 0 Å². The lowest BCUT2D eigenvalue weighted by molar-refractivity contribution is -0.131. The highest BCUT2D eigenvalue weighted by atomic mass is 19.1. The minimum atomic E-state index is -0.229. The van der Waals surface area contributed by atoms with E-state index in [1.807, 2.05) is 4.90 Å². The summed E-state index contributed by atoms with van der Waals surface area (Å²) in [6.45, 7) is 8.94. The summed E-state index contributed by atoms with van der Waals surface area (Å²) in [5.41, 5.74) is 1.00. The Labute approximate surface area is 178 Å². The molecule has 0 aromatic heterocycles. The van der Waals surface area contributed by atoms with E-state index in [9.17, 15) is 9.18 Å². The molecule has 2 heterocycles. The minimum Gasteiger partial charge on any atom is -0.384 e. The molecule has 8 heteroatoms. The molecule has 2 aliphatic rings. The predicted octanol–water partition coefficient (Wildman–Crippen LogP) is 1.80. The van der Waals surface area contributed by atoms with Gasteiger partial charge in [0, 0.05) is 70.9 Å². The van der Waals surface area contributed by atoms with Gasteiger partial charge in [0.1, 0.15) is 5.82 Å². The van der Waals surface area contributed by atoms with Gasteiger partial charge in [-0.3, -0.25) is 9.79 Å². The minimum absolute atomic E-state index is 0.145. The fourth-order valence-corrected chi connectivity index (χ4v) is 4.10. The largest absolute Gasteiger partial charge is 0.384 e. The van der Waals surface area contributed by atoms with Crippen LogP contribution in [0.25, 0.3) is 0 Å². The summed E-state index contributed by atoms with van der Waals surface area (Å²) >= 11 is 0. The number of carbonyl (C=O) groups is 1. The molecule has 0 radical (unpaired) electrons. The summed E-state index contributed by atoms with van der Waals surface area (Å²) in [7, 11) is 1.74. The van der Waals surface area contributed by atoms with E-state index in [2.05, 4.69) is 22.0 Å². The van der Waals surface area contributed by atoms with Crippen LogP contribution in [-0.4, -0.2) is 87.7 Å². The number of benzene rings is 1. The third kappa shape index (κ3) is 6.08. The van der Waals surface area contributed by atoms with E-state index in [1.165, 1.54) is 12.1 Å². The van der Waals surface area contributed by atoms with Crippen molar-refractivity contribution in [1.82, 2.24) is 15.1 Å². The molecule has 0 spiro atoms. The first kappa shape index (κ1) is 22.3. The van der Waals surface area contributed by atoms with Crippen LogP contribution in [0.3, 0.4) is 0 Å². The molecule has 2 aliphatic heterocycles. The zero-order valence-corrected chi connectivity index (χ0v) is 18.1. The van der Waals surface area contributed by atoms with Crippen molar-refractivity contribution in [2.75, 3.05) is 71.0 Å². The van der Waals surface area contributed by atoms with Crippen molar-refractivity contribution in [2.45, 2.75) is 19.8 Å². The number of piperazine rings is 1. The van der Waals surface area contributed by atoms with E-state index < -0.39 is 0 Å². The number of likely N-dealkylation sites (tertiary alicyclic amines) is 1. The number of ether oxygens (including phenoxy) is 1. The lowest BCUT2D eigenvalue weighted by Gasteiger charge is -2.36. The smallest absolute Gasteiger partial charge is 0.224 e. The van der Waals surface area contributed by atoms with Crippen LogP contribution in [-0.2, 0) is 9.53 Å². The first-order valence-electron chi connectivity index (χ1n) is 10.9. The Morgan fingerprint density at radius 2 is 1.90 bits per heavy atom. The number of amides is 1. The molecule has 0 aliphatic carbocycles. The summed E-state index contributed by atoms with van der Waals surface area (Å²) in [5, 5.41) is 3.35. The zero-order chi connectivity index (χ0) is 21.3. The number of methoxy groups -OCH3 is 1. The van der Waals surface area contributed by atoms with E-state index in [0.717, 1.165) is 57.4 Å². The van der Waals surface area contributed by atoms with Crippen LogP contribution in [0, 0.1) is 11.7 Å². The Morgan fingerprint density at radius 1 is 1.17 bits per heavy atom. The van der Waals surface area contributed by atoms with Crippen molar-refractivity contribution in [2.24, 2.45) is 10.9 Å². The van der Waals surface area contributed by atoms with Crippen LogP contribution < -0.4 is 10.2 Å². The molecular formula is C22H34FN5O2. The Hall–Kier alpha value is -2.35. The van der Waals surface area contributed by atoms with Crippen LogP contribution in [0.2, 0.25) is 0 Å². The highest BCUT2D eigenvalue weighted by Crippen LogP contribution is 2.18. The Kier molecular flexibility index (Phi) is 8.30. The maximum Gasteiger partial charge on any atom is 0.224 e. The van der Waals surface area contributed by atoms with Crippen molar-refractivity contribution in [3.05, 3.63) is 30.1 Å². The summed E-state index contributed by atoms with van der Waals surface area (Å²) < 4.78 is 18.4. The van der Waals surface area contributed by atoms with Crippen LogP contribution in [0.4, 0.5) is 10.1 Å². The van der Waals surface area contributed by atoms with Gasteiger partial charge >= 0.3 is 0 Å². The Bertz CT molecular complexity index is 704. The maximum atomic E-state index is 13.1. The monoisotopic (exact) mass is 419 g/mol. The maximum absolute atomic E-state index is 13.1. The number of hydrogen-bond donors (Lipinski definition) is 1. The van der Waals surface area contributed by atoms with E-state index in [4.69, 9.17) is 9.73 Å². The van der Waals surface area contributed by atoms with Crippen molar-refractivity contribution < 1.29 is 13.9 Å². The molecule has 0 saturated carbocycles. The molecule has 2 saturated heterocycles. The van der Waals surface area contributed by atoms with E-state index in [-0.39, 0.29) is 11.7 Å². The fourth-order valence-electron chi connectivity index (χ4n) is 4.10. The molecule has 1 amide bonds. The summed E-state index contributed by atoms with van der Waals surface area (Å²) in [6, 6.07) is 6.54. The molecule has 2 fully saturated rings. The third-order valence-corrected chi connectivity index (χ3v) is 5.73. The lowest BCUT2D eigenvalue weighted by Crippen LogP contribution is -2.49. The van der Waals surface area contributed by atoms with E-state index >= 15 is 0 Å². The van der Waals surface area contributed by atoms with Gasteiger partial charge in [-0.15, -0.1) is 0 Å². The molecule has 1 atom stereocenters. The Balaban J connectivity index is 1.44. The molecule has 1 aromatic carbocycles. The van der Waals surface area contributed by atoms with Crippen LogP contribution in [0.1, 0.15) is 19.8 Å². The number of halogens is 1. The van der Waals surface area contributed by atoms with Gasteiger partial charge in [-0.25, -0.2) is 4.39 Å². The van der Waals surface area contributed by atoms with Gasteiger partial charge in [-0.1, -0.05) is 0 Å². The Morgan fingerprint density at radius 3 is 2.57 bits per heavy atom. The average Bonchev–Trinajstić information content (AvgIpc) is 3.22. The summed E-state index contributed by atoms with van der Waals surface area (Å²) in [5.74, 6) is 1.35. The molecule has 7 nitrogen and oxygen atoms in total. The number of nitrogens with one attached hydrogen (secondary N) is 1. The standard InChI is InChI=1S/C22H34FN5O2/c1-3-24-22(28-11-9-18(16-28)17-30-2)25-10-8-21(29)27-14-12-26(13-15-27)20-6-4-19(23)5-7-20/h4-7,18H,3,8-17H2,1-2H3,(H,24,25). The second kappa shape index (κ2) is 11.2. The molecule has 0 bridgehead atoms. The van der Waals surface area contributed by atoms with Crippen molar-refractivity contribution in [1.29, 1.82) is 0 Å². The number of aliphatic imine (C=N–C) groups is 1. The molecule has 1 aromatic rings. The normalized spacial score (nSPS) is 20.0. The molecule has 1 N–H and O–H groups in total. The SMILES string of the molecule is CCNC(=NCCC(=O)N1CCN(c2ccc(F)cc2)CC1)N1CCC(COC)C1. The van der Waals surface area contributed by atoms with Gasteiger partial charge in [-0.2, -0.15) is 0 Å².